The Kier molecular flexibility index (Phi) is 7.41. The average Bonchev–Trinajstić information content (AvgIpc) is 3.57. The molecule has 0 bridgehead atoms. The van der Waals surface area contributed by atoms with E-state index in [9.17, 15) is 14.4 Å². The number of carbonyl (C=O) groups excluding carboxylic acids is 3. The van der Waals surface area contributed by atoms with Crippen LogP contribution in [0.5, 0.6) is 11.5 Å². The van der Waals surface area contributed by atoms with Crippen molar-refractivity contribution in [2.75, 3.05) is 24.4 Å². The smallest absolute Gasteiger partial charge is 0.435 e. The third-order valence-corrected chi connectivity index (χ3v) is 8.05. The summed E-state index contributed by atoms with van der Waals surface area (Å²) in [7, 11) is 3.06. The summed E-state index contributed by atoms with van der Waals surface area (Å²) >= 11 is 0. The van der Waals surface area contributed by atoms with E-state index in [0.29, 0.717) is 57.5 Å². The molecule has 0 unspecified atom stereocenters. The van der Waals surface area contributed by atoms with Crippen molar-refractivity contribution in [3.8, 4) is 11.5 Å². The molecule has 0 saturated heterocycles. The summed E-state index contributed by atoms with van der Waals surface area (Å²) in [5, 5.41) is 8.39. The third-order valence-electron chi connectivity index (χ3n) is 8.05. The van der Waals surface area contributed by atoms with E-state index >= 15 is 0 Å². The molecule has 1 spiro atoms. The Labute approximate surface area is 272 Å². The minimum absolute atomic E-state index is 0.305. The molecule has 3 heterocycles. The molecular weight excluding hydrogens is 604 g/mol. The number of amides is 2. The van der Waals surface area contributed by atoms with Crippen LogP contribution in [0.25, 0.3) is 10.9 Å². The van der Waals surface area contributed by atoms with Crippen LogP contribution in [0.15, 0.2) is 42.6 Å². The lowest BCUT2D eigenvalue weighted by Gasteiger charge is -2.24. The highest BCUT2D eigenvalue weighted by Crippen LogP contribution is 2.67. The monoisotopic (exact) mass is 642 g/mol. The van der Waals surface area contributed by atoms with Crippen molar-refractivity contribution in [1.82, 2.24) is 19.7 Å². The van der Waals surface area contributed by atoms with Crippen molar-refractivity contribution >= 4 is 46.3 Å². The molecule has 246 valence electrons. The van der Waals surface area contributed by atoms with E-state index in [2.05, 4.69) is 20.4 Å². The minimum Gasteiger partial charge on any atom is -0.497 e. The van der Waals surface area contributed by atoms with E-state index in [1.807, 2.05) is 18.2 Å². The lowest BCUT2D eigenvalue weighted by molar-refractivity contribution is -0.120. The van der Waals surface area contributed by atoms with Gasteiger partial charge in [-0.3, -0.25) is 4.79 Å². The number of ether oxygens (including phenoxy) is 4. The highest BCUT2D eigenvalue weighted by atomic mass is 16.6. The second-order valence-electron chi connectivity index (χ2n) is 13.7. The van der Waals surface area contributed by atoms with Gasteiger partial charge in [0.2, 0.25) is 5.91 Å². The lowest BCUT2D eigenvalue weighted by Crippen LogP contribution is -2.41. The van der Waals surface area contributed by atoms with Crippen LogP contribution in [0.2, 0.25) is 0 Å². The molecule has 2 aromatic heterocycles. The molecular formula is C34H38N6O7. The van der Waals surface area contributed by atoms with Crippen LogP contribution in [-0.4, -0.2) is 63.3 Å². The SMILES string of the molecule is COc1ccc2c(c1)[C@]1(C[C@H]1c1ccc3c(Nc4nc(C)ncc4OC)nn(C(=O)OC(C)(C)C)c3c1)C(=O)N2C(=O)OC(C)(C)C. The summed E-state index contributed by atoms with van der Waals surface area (Å²) in [4.78, 5) is 50.8. The predicted molar refractivity (Wildman–Crippen MR) is 174 cm³/mol. The van der Waals surface area contributed by atoms with Crippen LogP contribution < -0.4 is 19.7 Å². The van der Waals surface area contributed by atoms with Gasteiger partial charge in [0.05, 0.1) is 37.0 Å². The molecule has 0 radical (unpaired) electrons. The largest absolute Gasteiger partial charge is 0.497 e. The highest BCUT2D eigenvalue weighted by molar-refractivity contribution is 6.23. The molecule has 13 nitrogen and oxygen atoms in total. The number of imide groups is 1. The normalized spacial score (nSPS) is 18.7. The van der Waals surface area contributed by atoms with Gasteiger partial charge in [0.15, 0.2) is 17.4 Å². The molecule has 2 atom stereocenters. The number of aryl methyl sites for hydroxylation is 1. The second kappa shape index (κ2) is 11.0. The molecule has 1 saturated carbocycles. The third kappa shape index (κ3) is 5.59. The van der Waals surface area contributed by atoms with Crippen molar-refractivity contribution in [3.63, 3.8) is 0 Å². The highest BCUT2D eigenvalue weighted by Gasteiger charge is 2.68. The fourth-order valence-corrected chi connectivity index (χ4v) is 6.00. The number of fused-ring (bicyclic) bond motifs is 3. The molecule has 2 aliphatic rings. The van der Waals surface area contributed by atoms with Crippen LogP contribution in [0.3, 0.4) is 0 Å². The fraction of sp³-hybridized carbons (Fsp3) is 0.412. The van der Waals surface area contributed by atoms with Crippen molar-refractivity contribution in [1.29, 1.82) is 0 Å². The molecule has 1 aliphatic heterocycles. The predicted octanol–water partition coefficient (Wildman–Crippen LogP) is 6.39. The van der Waals surface area contributed by atoms with Crippen LogP contribution in [0.4, 0.5) is 26.9 Å². The summed E-state index contributed by atoms with van der Waals surface area (Å²) in [6, 6.07) is 10.8. The minimum atomic E-state index is -1.02. The second-order valence-corrected chi connectivity index (χ2v) is 13.7. The zero-order valence-corrected chi connectivity index (χ0v) is 27.9. The van der Waals surface area contributed by atoms with Gasteiger partial charge in [0, 0.05) is 11.3 Å². The van der Waals surface area contributed by atoms with Gasteiger partial charge in [-0.15, -0.1) is 5.10 Å². The number of hydrogen-bond donors (Lipinski definition) is 1. The van der Waals surface area contributed by atoms with Crippen LogP contribution >= 0.6 is 0 Å². The summed E-state index contributed by atoms with van der Waals surface area (Å²) in [6.07, 6.45) is 0.585. The van der Waals surface area contributed by atoms with Crippen molar-refractivity contribution in [2.24, 2.45) is 0 Å². The van der Waals surface area contributed by atoms with E-state index in [4.69, 9.17) is 18.9 Å². The number of hydrogen-bond acceptors (Lipinski definition) is 11. The first-order valence-electron chi connectivity index (χ1n) is 15.2. The molecule has 47 heavy (non-hydrogen) atoms. The van der Waals surface area contributed by atoms with Crippen molar-refractivity contribution < 1.29 is 33.3 Å². The molecule has 2 aromatic carbocycles. The van der Waals surface area contributed by atoms with Gasteiger partial charge in [0.1, 0.15) is 22.8 Å². The first-order valence-corrected chi connectivity index (χ1v) is 15.2. The topological polar surface area (TPSA) is 147 Å². The number of aromatic nitrogens is 4. The summed E-state index contributed by atoms with van der Waals surface area (Å²) < 4.78 is 23.4. The molecule has 1 N–H and O–H groups in total. The summed E-state index contributed by atoms with van der Waals surface area (Å²) in [5.74, 6) is 1.54. The first-order chi connectivity index (χ1) is 22.1. The van der Waals surface area contributed by atoms with Gasteiger partial charge < -0.3 is 24.3 Å². The Hall–Kier alpha value is -5.20. The van der Waals surface area contributed by atoms with Crippen molar-refractivity contribution in [2.45, 2.75) is 77.4 Å². The van der Waals surface area contributed by atoms with Gasteiger partial charge >= 0.3 is 12.2 Å². The number of carbonyl (C=O) groups is 3. The number of nitrogens with zero attached hydrogens (tertiary/aromatic N) is 5. The molecule has 6 rings (SSSR count). The average molecular weight is 643 g/mol. The lowest BCUT2D eigenvalue weighted by atomic mass is 9.91. The Bertz CT molecular complexity index is 1940. The molecule has 13 heteroatoms. The number of benzene rings is 2. The van der Waals surface area contributed by atoms with Crippen LogP contribution in [0, 0.1) is 6.92 Å². The van der Waals surface area contributed by atoms with E-state index in [1.165, 1.54) is 11.8 Å². The molecule has 1 aliphatic carbocycles. The van der Waals surface area contributed by atoms with E-state index in [1.54, 1.807) is 80.0 Å². The number of methoxy groups -OCH3 is 2. The van der Waals surface area contributed by atoms with Gasteiger partial charge in [0.25, 0.3) is 0 Å². The molecule has 4 aromatic rings. The Morgan fingerprint density at radius 3 is 2.30 bits per heavy atom. The van der Waals surface area contributed by atoms with Gasteiger partial charge in [-0.25, -0.2) is 24.5 Å². The summed E-state index contributed by atoms with van der Waals surface area (Å²) in [5.41, 5.74) is -0.187. The van der Waals surface area contributed by atoms with Crippen LogP contribution in [-0.2, 0) is 19.7 Å². The maximum absolute atomic E-state index is 14.2. The first kappa shape index (κ1) is 31.8. The van der Waals surface area contributed by atoms with Gasteiger partial charge in [-0.1, -0.05) is 6.07 Å². The Balaban J connectivity index is 1.44. The van der Waals surface area contributed by atoms with Crippen molar-refractivity contribution in [3.05, 3.63) is 59.5 Å². The Morgan fingerprint density at radius 2 is 1.64 bits per heavy atom. The molecule has 2 amide bonds. The maximum atomic E-state index is 14.2. The summed E-state index contributed by atoms with van der Waals surface area (Å²) in [6.45, 7) is 12.3. The zero-order valence-electron chi connectivity index (χ0n) is 27.9. The quantitative estimate of drug-likeness (QED) is 0.258. The number of rotatable bonds is 5. The standard InChI is InChI=1S/C34H38N6O7/c1-18-35-17-26(45-9)28(36-18)37-27-21-12-10-19(14-25(21)40(38-27)31(43)47-33(5,6)7)23-16-34(23)22-15-20(44-8)11-13-24(22)39(29(34)41)30(42)46-32(2,3)4/h10-15,17,23H,16H2,1-9H3,(H,35,36,37,38)/t23-,34-/m0/s1. The van der Waals surface area contributed by atoms with Crippen LogP contribution in [0.1, 0.15) is 70.8 Å². The van der Waals surface area contributed by atoms with Gasteiger partial charge in [-0.05, 0) is 96.3 Å². The van der Waals surface area contributed by atoms with E-state index < -0.39 is 28.8 Å². The number of anilines is 3. The molecule has 1 fully saturated rings. The fourth-order valence-electron chi connectivity index (χ4n) is 6.00. The zero-order chi connectivity index (χ0) is 34.1. The van der Waals surface area contributed by atoms with E-state index in [-0.39, 0.29) is 11.8 Å². The van der Waals surface area contributed by atoms with E-state index in [0.717, 1.165) is 10.5 Å². The maximum Gasteiger partial charge on any atom is 0.435 e. The van der Waals surface area contributed by atoms with Gasteiger partial charge in [-0.2, -0.15) is 4.68 Å². The Morgan fingerprint density at radius 1 is 0.936 bits per heavy atom. The number of nitrogens with one attached hydrogen (secondary N) is 1.